The maximum Gasteiger partial charge on any atom is 0.224 e. The van der Waals surface area contributed by atoms with Crippen LogP contribution in [0.4, 0.5) is 11.8 Å². The molecule has 16 heavy (non-hydrogen) atoms. The van der Waals surface area contributed by atoms with Gasteiger partial charge in [0.25, 0.3) is 0 Å². The van der Waals surface area contributed by atoms with Crippen LogP contribution in [0.25, 0.3) is 0 Å². The number of hydrogen-bond acceptors (Lipinski definition) is 4. The van der Waals surface area contributed by atoms with Gasteiger partial charge in [0.2, 0.25) is 5.95 Å². The van der Waals surface area contributed by atoms with Crippen LogP contribution in [0.1, 0.15) is 32.6 Å². The maximum atomic E-state index is 4.51. The largest absolute Gasteiger partial charge is 0.357 e. The zero-order chi connectivity index (χ0) is 11.4. The van der Waals surface area contributed by atoms with Gasteiger partial charge in [-0.3, -0.25) is 0 Å². The Morgan fingerprint density at radius 3 is 2.81 bits per heavy atom. The highest BCUT2D eigenvalue weighted by atomic mass is 15.2. The number of rotatable bonds is 4. The van der Waals surface area contributed by atoms with Gasteiger partial charge in [0.1, 0.15) is 5.82 Å². The minimum absolute atomic E-state index is 0.671. The molecule has 2 rings (SSSR count). The standard InChI is InChI=1S/C12H20N4/c1-3-16(10-6-4-5-7-10)11-8-9-14-12(13-2)15-11/h8-10H,3-7H2,1-2H3,(H,13,14,15). The van der Waals surface area contributed by atoms with Gasteiger partial charge in [0.15, 0.2) is 0 Å². The Morgan fingerprint density at radius 2 is 2.19 bits per heavy atom. The maximum absolute atomic E-state index is 4.51. The van der Waals surface area contributed by atoms with Gasteiger partial charge >= 0.3 is 0 Å². The fraction of sp³-hybridized carbons (Fsp3) is 0.667. The SMILES string of the molecule is CCN(c1ccnc(NC)n1)C1CCCC1. The Labute approximate surface area is 97.1 Å². The lowest BCUT2D eigenvalue weighted by atomic mass is 10.2. The lowest BCUT2D eigenvalue weighted by Gasteiger charge is -2.28. The summed E-state index contributed by atoms with van der Waals surface area (Å²) in [5.41, 5.74) is 0. The van der Waals surface area contributed by atoms with E-state index in [2.05, 4.69) is 27.1 Å². The zero-order valence-corrected chi connectivity index (χ0v) is 10.1. The van der Waals surface area contributed by atoms with Gasteiger partial charge in [0.05, 0.1) is 0 Å². The van der Waals surface area contributed by atoms with Crippen LogP contribution in [0.2, 0.25) is 0 Å². The molecule has 0 unspecified atom stereocenters. The Hall–Kier alpha value is -1.32. The summed E-state index contributed by atoms with van der Waals surface area (Å²) in [5, 5.41) is 2.99. The Bertz CT molecular complexity index is 334. The first-order valence-electron chi connectivity index (χ1n) is 6.12. The highest BCUT2D eigenvalue weighted by Gasteiger charge is 2.22. The van der Waals surface area contributed by atoms with Crippen LogP contribution in [0.5, 0.6) is 0 Å². The van der Waals surface area contributed by atoms with E-state index in [0.717, 1.165) is 12.4 Å². The number of anilines is 2. The van der Waals surface area contributed by atoms with Gasteiger partial charge in [0, 0.05) is 25.8 Å². The molecule has 0 radical (unpaired) electrons. The number of aromatic nitrogens is 2. The lowest BCUT2D eigenvalue weighted by molar-refractivity contribution is 0.613. The van der Waals surface area contributed by atoms with Crippen molar-refractivity contribution >= 4 is 11.8 Å². The van der Waals surface area contributed by atoms with Gasteiger partial charge in [-0.2, -0.15) is 4.98 Å². The summed E-state index contributed by atoms with van der Waals surface area (Å²) < 4.78 is 0. The van der Waals surface area contributed by atoms with Crippen LogP contribution >= 0.6 is 0 Å². The van der Waals surface area contributed by atoms with Crippen LogP contribution in [0.3, 0.4) is 0 Å². The van der Waals surface area contributed by atoms with Gasteiger partial charge < -0.3 is 10.2 Å². The molecule has 0 aliphatic heterocycles. The quantitative estimate of drug-likeness (QED) is 0.845. The van der Waals surface area contributed by atoms with Crippen molar-refractivity contribution in [1.29, 1.82) is 0 Å². The Balaban J connectivity index is 2.18. The van der Waals surface area contributed by atoms with Crippen molar-refractivity contribution < 1.29 is 0 Å². The van der Waals surface area contributed by atoms with E-state index < -0.39 is 0 Å². The highest BCUT2D eigenvalue weighted by Crippen LogP contribution is 2.26. The van der Waals surface area contributed by atoms with Crippen molar-refractivity contribution in [1.82, 2.24) is 9.97 Å². The van der Waals surface area contributed by atoms with Crippen molar-refractivity contribution in [3.05, 3.63) is 12.3 Å². The monoisotopic (exact) mass is 220 g/mol. The van der Waals surface area contributed by atoms with E-state index in [4.69, 9.17) is 0 Å². The van der Waals surface area contributed by atoms with Gasteiger partial charge in [-0.15, -0.1) is 0 Å². The minimum Gasteiger partial charge on any atom is -0.357 e. The third-order valence-corrected chi connectivity index (χ3v) is 3.26. The molecular weight excluding hydrogens is 200 g/mol. The second kappa shape index (κ2) is 5.14. The van der Waals surface area contributed by atoms with E-state index in [-0.39, 0.29) is 0 Å². The number of nitrogens with one attached hydrogen (secondary N) is 1. The molecule has 4 nitrogen and oxygen atoms in total. The molecule has 1 saturated carbocycles. The van der Waals surface area contributed by atoms with Crippen LogP contribution in [-0.2, 0) is 0 Å². The molecule has 0 amide bonds. The molecular formula is C12H20N4. The van der Waals surface area contributed by atoms with Crippen molar-refractivity contribution in [2.75, 3.05) is 23.8 Å². The average molecular weight is 220 g/mol. The van der Waals surface area contributed by atoms with E-state index in [0.29, 0.717) is 12.0 Å². The van der Waals surface area contributed by atoms with Crippen molar-refractivity contribution in [3.63, 3.8) is 0 Å². The van der Waals surface area contributed by atoms with E-state index in [9.17, 15) is 0 Å². The smallest absolute Gasteiger partial charge is 0.224 e. The first-order chi connectivity index (χ1) is 7.85. The predicted molar refractivity (Wildman–Crippen MR) is 66.9 cm³/mol. The fourth-order valence-electron chi connectivity index (χ4n) is 2.45. The summed E-state index contributed by atoms with van der Waals surface area (Å²) in [4.78, 5) is 11.1. The third kappa shape index (κ3) is 2.26. The third-order valence-electron chi connectivity index (χ3n) is 3.26. The Kier molecular flexibility index (Phi) is 3.59. The summed E-state index contributed by atoms with van der Waals surface area (Å²) in [7, 11) is 1.85. The summed E-state index contributed by atoms with van der Waals surface area (Å²) >= 11 is 0. The average Bonchev–Trinajstić information content (AvgIpc) is 2.84. The van der Waals surface area contributed by atoms with Crippen LogP contribution in [-0.4, -0.2) is 29.6 Å². The molecule has 0 saturated heterocycles. The molecule has 0 aromatic carbocycles. The molecule has 0 spiro atoms. The molecule has 1 fully saturated rings. The predicted octanol–water partition coefficient (Wildman–Crippen LogP) is 2.29. The molecule has 1 aliphatic rings. The second-order valence-electron chi connectivity index (χ2n) is 4.21. The first-order valence-corrected chi connectivity index (χ1v) is 6.12. The van der Waals surface area contributed by atoms with Gasteiger partial charge in [-0.25, -0.2) is 4.98 Å². The van der Waals surface area contributed by atoms with Gasteiger partial charge in [-0.05, 0) is 25.8 Å². The molecule has 1 N–H and O–H groups in total. The highest BCUT2D eigenvalue weighted by molar-refractivity contribution is 5.43. The molecule has 4 heteroatoms. The summed E-state index contributed by atoms with van der Waals surface area (Å²) in [6, 6.07) is 2.67. The molecule has 1 aromatic rings. The second-order valence-corrected chi connectivity index (χ2v) is 4.21. The molecule has 1 aromatic heterocycles. The normalized spacial score (nSPS) is 16.4. The molecule has 88 valence electrons. The molecule has 1 heterocycles. The lowest BCUT2D eigenvalue weighted by Crippen LogP contribution is -2.33. The number of nitrogens with zero attached hydrogens (tertiary/aromatic N) is 3. The van der Waals surface area contributed by atoms with Crippen molar-refractivity contribution in [3.8, 4) is 0 Å². The summed E-state index contributed by atoms with van der Waals surface area (Å²) in [6.07, 6.45) is 7.13. The molecule has 0 bridgehead atoms. The van der Waals surface area contributed by atoms with E-state index in [1.807, 2.05) is 19.3 Å². The van der Waals surface area contributed by atoms with Crippen LogP contribution in [0, 0.1) is 0 Å². The van der Waals surface area contributed by atoms with E-state index in [1.165, 1.54) is 25.7 Å². The van der Waals surface area contributed by atoms with E-state index in [1.54, 1.807) is 0 Å². The van der Waals surface area contributed by atoms with Crippen LogP contribution < -0.4 is 10.2 Å². The first kappa shape index (κ1) is 11.2. The number of hydrogen-bond donors (Lipinski definition) is 1. The fourth-order valence-corrected chi connectivity index (χ4v) is 2.45. The minimum atomic E-state index is 0.671. The Morgan fingerprint density at radius 1 is 1.44 bits per heavy atom. The van der Waals surface area contributed by atoms with Crippen LogP contribution in [0.15, 0.2) is 12.3 Å². The van der Waals surface area contributed by atoms with E-state index >= 15 is 0 Å². The summed E-state index contributed by atoms with van der Waals surface area (Å²) in [6.45, 7) is 3.21. The zero-order valence-electron chi connectivity index (χ0n) is 10.1. The summed E-state index contributed by atoms with van der Waals surface area (Å²) in [5.74, 6) is 1.75. The van der Waals surface area contributed by atoms with Crippen molar-refractivity contribution in [2.24, 2.45) is 0 Å². The van der Waals surface area contributed by atoms with Gasteiger partial charge in [-0.1, -0.05) is 12.8 Å². The van der Waals surface area contributed by atoms with Crippen molar-refractivity contribution in [2.45, 2.75) is 38.6 Å². The molecule has 0 atom stereocenters. The molecule has 1 aliphatic carbocycles. The topological polar surface area (TPSA) is 41.1 Å².